The fourth-order valence-electron chi connectivity index (χ4n) is 1.52. The fourth-order valence-corrected chi connectivity index (χ4v) is 1.52. The third-order valence-corrected chi connectivity index (χ3v) is 2.85. The van der Waals surface area contributed by atoms with Gasteiger partial charge in [-0.1, -0.05) is 32.4 Å². The van der Waals surface area contributed by atoms with Crippen molar-refractivity contribution in [3.05, 3.63) is 24.3 Å². The van der Waals surface area contributed by atoms with Crippen molar-refractivity contribution in [3.8, 4) is 0 Å². The second-order valence-electron chi connectivity index (χ2n) is 4.43. The van der Waals surface area contributed by atoms with E-state index in [2.05, 4.69) is 15.4 Å². The number of ether oxygens (including phenoxy) is 1. The molecule has 0 aliphatic rings. The maximum atomic E-state index is 11.8. The summed E-state index contributed by atoms with van der Waals surface area (Å²) in [5.41, 5.74) is 1.09. The van der Waals surface area contributed by atoms with E-state index in [0.717, 1.165) is 6.42 Å². The molecule has 5 heteroatoms. The van der Waals surface area contributed by atoms with Crippen molar-refractivity contribution in [2.45, 2.75) is 26.7 Å². The Hall–Kier alpha value is -2.04. The summed E-state index contributed by atoms with van der Waals surface area (Å²) in [4.78, 5) is 23.0. The molecule has 0 aliphatic heterocycles. The summed E-state index contributed by atoms with van der Waals surface area (Å²) in [5, 5.41) is 5.35. The zero-order valence-electron chi connectivity index (χ0n) is 11.5. The van der Waals surface area contributed by atoms with E-state index in [0.29, 0.717) is 23.7 Å². The molecule has 1 rings (SSSR count). The second-order valence-corrected chi connectivity index (χ2v) is 4.43. The number of hydrogen-bond donors (Lipinski definition) is 2. The van der Waals surface area contributed by atoms with Crippen LogP contribution in [0.15, 0.2) is 24.3 Å². The summed E-state index contributed by atoms with van der Waals surface area (Å²) >= 11 is 0. The molecule has 5 nitrogen and oxygen atoms in total. The van der Waals surface area contributed by atoms with E-state index in [1.807, 2.05) is 13.8 Å². The van der Waals surface area contributed by atoms with Crippen LogP contribution in [-0.2, 0) is 9.53 Å². The Labute approximate surface area is 113 Å². The first-order chi connectivity index (χ1) is 9.06. The summed E-state index contributed by atoms with van der Waals surface area (Å²) in [5.74, 6) is 0.272. The summed E-state index contributed by atoms with van der Waals surface area (Å²) in [6.07, 6.45) is 0.849. The Morgan fingerprint density at radius 1 is 1.21 bits per heavy atom. The number of para-hydroxylation sites is 2. The maximum absolute atomic E-state index is 11.8. The maximum Gasteiger partial charge on any atom is 0.411 e. The highest BCUT2D eigenvalue weighted by atomic mass is 16.5. The van der Waals surface area contributed by atoms with E-state index in [4.69, 9.17) is 0 Å². The molecule has 1 atom stereocenters. The van der Waals surface area contributed by atoms with E-state index in [1.54, 1.807) is 24.3 Å². The molecule has 0 unspecified atom stereocenters. The SMILES string of the molecule is CC[C@H](C)CC(=O)Nc1ccccc1NC(=O)OC. The predicted octanol–water partition coefficient (Wildman–Crippen LogP) is 3.24. The molecule has 0 heterocycles. The molecule has 104 valence electrons. The standard InChI is InChI=1S/C14H20N2O3/c1-4-10(2)9-13(17)15-11-7-5-6-8-12(11)16-14(18)19-3/h5-8,10H,4,9H2,1-3H3,(H,15,17)(H,16,18)/t10-/m0/s1. The van der Waals surface area contributed by atoms with Gasteiger partial charge < -0.3 is 10.1 Å². The van der Waals surface area contributed by atoms with Gasteiger partial charge in [0.05, 0.1) is 18.5 Å². The van der Waals surface area contributed by atoms with Gasteiger partial charge in [-0.2, -0.15) is 0 Å². The molecule has 1 aromatic rings. The number of carbonyl (C=O) groups excluding carboxylic acids is 2. The van der Waals surface area contributed by atoms with Crippen LogP contribution in [0.5, 0.6) is 0 Å². The Bertz CT molecular complexity index is 446. The number of methoxy groups -OCH3 is 1. The van der Waals surface area contributed by atoms with E-state index in [1.165, 1.54) is 7.11 Å². The minimum Gasteiger partial charge on any atom is -0.453 e. The van der Waals surface area contributed by atoms with Gasteiger partial charge in [-0.15, -0.1) is 0 Å². The fraction of sp³-hybridized carbons (Fsp3) is 0.429. The number of anilines is 2. The largest absolute Gasteiger partial charge is 0.453 e. The van der Waals surface area contributed by atoms with Crippen LogP contribution >= 0.6 is 0 Å². The van der Waals surface area contributed by atoms with Gasteiger partial charge in [0.2, 0.25) is 5.91 Å². The van der Waals surface area contributed by atoms with Crippen molar-refractivity contribution in [2.24, 2.45) is 5.92 Å². The third kappa shape index (κ3) is 4.99. The van der Waals surface area contributed by atoms with Gasteiger partial charge in [0.1, 0.15) is 0 Å². The van der Waals surface area contributed by atoms with Gasteiger partial charge in [0.15, 0.2) is 0 Å². The van der Waals surface area contributed by atoms with Gasteiger partial charge in [-0.05, 0) is 18.1 Å². The van der Waals surface area contributed by atoms with Crippen molar-refractivity contribution in [1.82, 2.24) is 0 Å². The van der Waals surface area contributed by atoms with Crippen molar-refractivity contribution in [3.63, 3.8) is 0 Å². The number of hydrogen-bond acceptors (Lipinski definition) is 3. The lowest BCUT2D eigenvalue weighted by Gasteiger charge is -2.13. The monoisotopic (exact) mass is 264 g/mol. The Balaban J connectivity index is 2.72. The van der Waals surface area contributed by atoms with Crippen molar-refractivity contribution < 1.29 is 14.3 Å². The smallest absolute Gasteiger partial charge is 0.411 e. The molecule has 0 aromatic heterocycles. The van der Waals surface area contributed by atoms with Crippen molar-refractivity contribution in [1.29, 1.82) is 0 Å². The van der Waals surface area contributed by atoms with Crippen LogP contribution in [-0.4, -0.2) is 19.1 Å². The molecule has 2 N–H and O–H groups in total. The molecule has 0 saturated heterocycles. The van der Waals surface area contributed by atoms with Crippen LogP contribution in [0.3, 0.4) is 0 Å². The second kappa shape index (κ2) is 7.41. The van der Waals surface area contributed by atoms with Gasteiger partial charge in [-0.25, -0.2) is 4.79 Å². The predicted molar refractivity (Wildman–Crippen MR) is 75.2 cm³/mol. The van der Waals surface area contributed by atoms with Crippen LogP contribution in [0.25, 0.3) is 0 Å². The molecule has 0 bridgehead atoms. The van der Waals surface area contributed by atoms with E-state index >= 15 is 0 Å². The van der Waals surface area contributed by atoms with E-state index < -0.39 is 6.09 Å². The first-order valence-corrected chi connectivity index (χ1v) is 6.30. The zero-order chi connectivity index (χ0) is 14.3. The number of rotatable bonds is 5. The molecule has 0 radical (unpaired) electrons. The minimum atomic E-state index is -0.566. The molecular weight excluding hydrogens is 244 g/mol. The molecule has 0 fully saturated rings. The highest BCUT2D eigenvalue weighted by Gasteiger charge is 2.11. The van der Waals surface area contributed by atoms with Gasteiger partial charge >= 0.3 is 6.09 Å². The first-order valence-electron chi connectivity index (χ1n) is 6.30. The van der Waals surface area contributed by atoms with E-state index in [-0.39, 0.29) is 5.91 Å². The highest BCUT2D eigenvalue weighted by molar-refractivity contribution is 5.97. The van der Waals surface area contributed by atoms with Crippen LogP contribution in [0.4, 0.5) is 16.2 Å². The summed E-state index contributed by atoms with van der Waals surface area (Å²) < 4.78 is 4.53. The van der Waals surface area contributed by atoms with Crippen LogP contribution in [0.1, 0.15) is 26.7 Å². The molecule has 19 heavy (non-hydrogen) atoms. The lowest BCUT2D eigenvalue weighted by atomic mass is 10.0. The van der Waals surface area contributed by atoms with Crippen molar-refractivity contribution in [2.75, 3.05) is 17.7 Å². The summed E-state index contributed by atoms with van der Waals surface area (Å²) in [6.45, 7) is 4.07. The van der Waals surface area contributed by atoms with Gasteiger partial charge in [0.25, 0.3) is 0 Å². The minimum absolute atomic E-state index is 0.0616. The quantitative estimate of drug-likeness (QED) is 0.857. The summed E-state index contributed by atoms with van der Waals surface area (Å²) in [7, 11) is 1.29. The molecule has 0 saturated carbocycles. The Morgan fingerprint density at radius 3 is 2.32 bits per heavy atom. The number of carbonyl (C=O) groups is 2. The number of amides is 2. The van der Waals surface area contributed by atoms with Gasteiger partial charge in [-0.3, -0.25) is 10.1 Å². The van der Waals surface area contributed by atoms with E-state index in [9.17, 15) is 9.59 Å². The average Bonchev–Trinajstić information content (AvgIpc) is 2.40. The molecular formula is C14H20N2O3. The lowest BCUT2D eigenvalue weighted by Crippen LogP contribution is -2.17. The molecule has 0 aliphatic carbocycles. The summed E-state index contributed by atoms with van der Waals surface area (Å²) in [6, 6.07) is 7.01. The van der Waals surface area contributed by atoms with Crippen molar-refractivity contribution >= 4 is 23.4 Å². The third-order valence-electron chi connectivity index (χ3n) is 2.85. The van der Waals surface area contributed by atoms with Crippen LogP contribution in [0, 0.1) is 5.92 Å². The Kier molecular flexibility index (Phi) is 5.85. The molecule has 1 aromatic carbocycles. The molecule has 2 amide bonds. The first kappa shape index (κ1) is 15.0. The normalized spacial score (nSPS) is 11.5. The number of nitrogens with one attached hydrogen (secondary N) is 2. The topological polar surface area (TPSA) is 67.4 Å². The highest BCUT2D eigenvalue weighted by Crippen LogP contribution is 2.22. The average molecular weight is 264 g/mol. The lowest BCUT2D eigenvalue weighted by molar-refractivity contribution is -0.117. The van der Waals surface area contributed by atoms with Gasteiger partial charge in [0, 0.05) is 6.42 Å². The number of benzene rings is 1. The van der Waals surface area contributed by atoms with Crippen LogP contribution in [0.2, 0.25) is 0 Å². The Morgan fingerprint density at radius 2 is 1.79 bits per heavy atom. The zero-order valence-corrected chi connectivity index (χ0v) is 11.5. The van der Waals surface area contributed by atoms with Crippen LogP contribution < -0.4 is 10.6 Å². The molecule has 0 spiro atoms.